The minimum Gasteiger partial charge on any atom is -0.383 e. The van der Waals surface area contributed by atoms with E-state index in [9.17, 15) is 4.39 Å². The second-order valence-electron chi connectivity index (χ2n) is 4.72. The lowest BCUT2D eigenvalue weighted by Crippen LogP contribution is -2.03. The molecule has 0 aliphatic heterocycles. The first kappa shape index (κ1) is 13.6. The molecule has 106 valence electrons. The fourth-order valence-electron chi connectivity index (χ4n) is 2.19. The van der Waals surface area contributed by atoms with Crippen LogP contribution in [0.4, 0.5) is 10.2 Å². The Kier molecular flexibility index (Phi) is 3.62. The summed E-state index contributed by atoms with van der Waals surface area (Å²) >= 11 is 5.76. The second-order valence-corrected chi connectivity index (χ2v) is 5.15. The molecule has 0 radical (unpaired) electrons. The van der Waals surface area contributed by atoms with Crippen LogP contribution in [0.2, 0.25) is 5.02 Å². The number of nitrogens with two attached hydrogens (primary N) is 1. The van der Waals surface area contributed by atoms with Crippen LogP contribution in [0.1, 0.15) is 5.56 Å². The van der Waals surface area contributed by atoms with Crippen molar-refractivity contribution in [1.29, 1.82) is 0 Å². The van der Waals surface area contributed by atoms with Crippen LogP contribution in [0.15, 0.2) is 54.9 Å². The summed E-state index contributed by atoms with van der Waals surface area (Å²) in [5.41, 5.74) is 7.97. The second kappa shape index (κ2) is 5.58. The van der Waals surface area contributed by atoms with Gasteiger partial charge in [0.05, 0.1) is 12.9 Å². The Balaban J connectivity index is 1.96. The summed E-state index contributed by atoms with van der Waals surface area (Å²) in [5, 5.41) is 0.346. The van der Waals surface area contributed by atoms with Crippen molar-refractivity contribution in [3.63, 3.8) is 0 Å². The Bertz CT molecular complexity index is 768. The Morgan fingerprint density at radius 3 is 2.62 bits per heavy atom. The number of anilines is 1. The highest BCUT2D eigenvalue weighted by Gasteiger charge is 2.14. The zero-order valence-corrected chi connectivity index (χ0v) is 11.9. The molecule has 2 aromatic carbocycles. The molecule has 0 bridgehead atoms. The largest absolute Gasteiger partial charge is 0.383 e. The molecular formula is C16H13ClFN3. The minimum absolute atomic E-state index is 0.346. The maximum absolute atomic E-state index is 14.0. The summed E-state index contributed by atoms with van der Waals surface area (Å²) in [6.07, 6.45) is 1.62. The first-order valence-electron chi connectivity index (χ1n) is 6.45. The van der Waals surface area contributed by atoms with Crippen molar-refractivity contribution in [1.82, 2.24) is 9.55 Å². The van der Waals surface area contributed by atoms with Gasteiger partial charge in [-0.25, -0.2) is 9.37 Å². The standard InChI is InChI=1S/C16H13ClFN3/c17-12-6-7-13(14(18)8-12)15-16(19)21(10-20-15)9-11-4-2-1-3-5-11/h1-8,10H,9,19H2. The molecule has 0 saturated carbocycles. The number of benzene rings is 2. The van der Waals surface area contributed by atoms with Gasteiger partial charge in [0.25, 0.3) is 0 Å². The minimum atomic E-state index is -0.431. The van der Waals surface area contributed by atoms with E-state index in [1.807, 2.05) is 30.3 Å². The highest BCUT2D eigenvalue weighted by atomic mass is 35.5. The van der Waals surface area contributed by atoms with Gasteiger partial charge in [-0.3, -0.25) is 0 Å². The molecule has 5 heteroatoms. The van der Waals surface area contributed by atoms with E-state index in [1.165, 1.54) is 6.07 Å². The normalized spacial score (nSPS) is 10.8. The maximum Gasteiger partial charge on any atom is 0.134 e. The summed E-state index contributed by atoms with van der Waals surface area (Å²) in [7, 11) is 0. The van der Waals surface area contributed by atoms with Crippen LogP contribution in [0.5, 0.6) is 0 Å². The fourth-order valence-corrected chi connectivity index (χ4v) is 2.35. The summed E-state index contributed by atoms with van der Waals surface area (Å²) in [4.78, 5) is 4.23. The predicted octanol–water partition coefficient (Wildman–Crippen LogP) is 3.97. The third-order valence-electron chi connectivity index (χ3n) is 3.26. The molecule has 0 spiro atoms. The molecule has 0 aliphatic rings. The SMILES string of the molecule is Nc1c(-c2ccc(Cl)cc2F)ncn1Cc1ccccc1. The van der Waals surface area contributed by atoms with Crippen LogP contribution in [0, 0.1) is 5.82 Å². The highest BCUT2D eigenvalue weighted by Crippen LogP contribution is 2.28. The van der Waals surface area contributed by atoms with Crippen molar-refractivity contribution in [2.45, 2.75) is 6.54 Å². The smallest absolute Gasteiger partial charge is 0.134 e. The zero-order chi connectivity index (χ0) is 14.8. The molecule has 1 heterocycles. The molecule has 0 saturated heterocycles. The van der Waals surface area contributed by atoms with Gasteiger partial charge in [0.2, 0.25) is 0 Å². The first-order chi connectivity index (χ1) is 10.1. The number of rotatable bonds is 3. The Hall–Kier alpha value is -2.33. The van der Waals surface area contributed by atoms with Gasteiger partial charge in [-0.15, -0.1) is 0 Å². The van der Waals surface area contributed by atoms with E-state index in [1.54, 1.807) is 23.0 Å². The van der Waals surface area contributed by atoms with Crippen molar-refractivity contribution in [2.75, 3.05) is 5.73 Å². The Morgan fingerprint density at radius 1 is 1.14 bits per heavy atom. The highest BCUT2D eigenvalue weighted by molar-refractivity contribution is 6.30. The lowest BCUT2D eigenvalue weighted by Gasteiger charge is -2.06. The van der Waals surface area contributed by atoms with E-state index >= 15 is 0 Å². The first-order valence-corrected chi connectivity index (χ1v) is 6.83. The van der Waals surface area contributed by atoms with Crippen LogP contribution in [0.3, 0.4) is 0 Å². The van der Waals surface area contributed by atoms with Crippen molar-refractivity contribution in [3.05, 3.63) is 71.3 Å². The van der Waals surface area contributed by atoms with E-state index in [4.69, 9.17) is 17.3 Å². The average molecular weight is 302 g/mol. The summed E-state index contributed by atoms with van der Waals surface area (Å²) in [6, 6.07) is 14.3. The van der Waals surface area contributed by atoms with Gasteiger partial charge >= 0.3 is 0 Å². The van der Waals surface area contributed by atoms with Gasteiger partial charge in [-0.2, -0.15) is 0 Å². The van der Waals surface area contributed by atoms with E-state index in [-0.39, 0.29) is 0 Å². The number of nitrogen functional groups attached to an aromatic ring is 1. The van der Waals surface area contributed by atoms with E-state index in [0.29, 0.717) is 28.6 Å². The molecule has 0 amide bonds. The van der Waals surface area contributed by atoms with E-state index in [0.717, 1.165) is 5.56 Å². The lowest BCUT2D eigenvalue weighted by atomic mass is 10.1. The van der Waals surface area contributed by atoms with E-state index < -0.39 is 5.82 Å². The lowest BCUT2D eigenvalue weighted by molar-refractivity contribution is 0.631. The number of imidazole rings is 1. The molecule has 0 aliphatic carbocycles. The number of hydrogen-bond acceptors (Lipinski definition) is 2. The average Bonchev–Trinajstić information content (AvgIpc) is 2.82. The Labute approximate surface area is 126 Å². The van der Waals surface area contributed by atoms with E-state index in [2.05, 4.69) is 4.98 Å². The maximum atomic E-state index is 14.0. The van der Waals surface area contributed by atoms with Crippen LogP contribution in [-0.2, 0) is 6.54 Å². The summed E-state index contributed by atoms with van der Waals surface area (Å²) in [5.74, 6) is -0.000707. The van der Waals surface area contributed by atoms with Gasteiger partial charge < -0.3 is 10.3 Å². The molecule has 0 unspecified atom stereocenters. The fraction of sp³-hybridized carbons (Fsp3) is 0.0625. The number of aromatic nitrogens is 2. The van der Waals surface area contributed by atoms with Crippen LogP contribution in [-0.4, -0.2) is 9.55 Å². The molecule has 1 aromatic heterocycles. The molecule has 3 rings (SSSR count). The summed E-state index contributed by atoms with van der Waals surface area (Å²) < 4.78 is 15.8. The molecular weight excluding hydrogens is 289 g/mol. The molecule has 3 nitrogen and oxygen atoms in total. The number of hydrogen-bond donors (Lipinski definition) is 1. The van der Waals surface area contributed by atoms with Gasteiger partial charge in [-0.1, -0.05) is 41.9 Å². The molecule has 21 heavy (non-hydrogen) atoms. The van der Waals surface area contributed by atoms with Crippen molar-refractivity contribution in [2.24, 2.45) is 0 Å². The van der Waals surface area contributed by atoms with Crippen LogP contribution >= 0.6 is 11.6 Å². The quantitative estimate of drug-likeness (QED) is 0.795. The number of halogens is 2. The van der Waals surface area contributed by atoms with Crippen LogP contribution < -0.4 is 5.73 Å². The zero-order valence-electron chi connectivity index (χ0n) is 11.1. The topological polar surface area (TPSA) is 43.8 Å². The van der Waals surface area contributed by atoms with Crippen molar-refractivity contribution < 1.29 is 4.39 Å². The monoisotopic (exact) mass is 301 g/mol. The van der Waals surface area contributed by atoms with Crippen molar-refractivity contribution >= 4 is 17.4 Å². The molecule has 0 atom stereocenters. The third kappa shape index (κ3) is 2.76. The summed E-state index contributed by atoms with van der Waals surface area (Å²) in [6.45, 7) is 0.592. The molecule has 2 N–H and O–H groups in total. The third-order valence-corrected chi connectivity index (χ3v) is 3.50. The predicted molar refractivity (Wildman–Crippen MR) is 82.6 cm³/mol. The number of nitrogens with zero attached hydrogens (tertiary/aromatic N) is 2. The van der Waals surface area contributed by atoms with Gasteiger partial charge in [0.1, 0.15) is 17.3 Å². The molecule has 3 aromatic rings. The molecule has 0 fully saturated rings. The van der Waals surface area contributed by atoms with Gasteiger partial charge in [0, 0.05) is 10.6 Å². The van der Waals surface area contributed by atoms with Gasteiger partial charge in [-0.05, 0) is 23.8 Å². The van der Waals surface area contributed by atoms with Gasteiger partial charge in [0.15, 0.2) is 0 Å². The van der Waals surface area contributed by atoms with Crippen molar-refractivity contribution in [3.8, 4) is 11.3 Å². The van der Waals surface area contributed by atoms with Crippen LogP contribution in [0.25, 0.3) is 11.3 Å². The Morgan fingerprint density at radius 2 is 1.90 bits per heavy atom.